The smallest absolute Gasteiger partial charge is 0.244 e. The van der Waals surface area contributed by atoms with Crippen molar-refractivity contribution in [3.63, 3.8) is 0 Å². The summed E-state index contributed by atoms with van der Waals surface area (Å²) in [6.07, 6.45) is -0.0266. The summed E-state index contributed by atoms with van der Waals surface area (Å²) in [7, 11) is 0. The second-order valence-corrected chi connectivity index (χ2v) is 5.67. The van der Waals surface area contributed by atoms with Crippen molar-refractivity contribution < 1.29 is 14.7 Å². The van der Waals surface area contributed by atoms with Gasteiger partial charge in [0.1, 0.15) is 6.23 Å². The minimum Gasteiger partial charge on any atom is -0.374 e. The number of halogens is 1. The number of carbonyl (C=O) groups is 2. The molecule has 1 aromatic carbocycles. The summed E-state index contributed by atoms with van der Waals surface area (Å²) in [6, 6.07) is 5.18. The van der Waals surface area contributed by atoms with Gasteiger partial charge in [0.15, 0.2) is 0 Å². The lowest BCUT2D eigenvalue weighted by Gasteiger charge is -2.31. The molecule has 5 nitrogen and oxygen atoms in total. The number of amides is 2. The van der Waals surface area contributed by atoms with Crippen LogP contribution in [0, 0.1) is 0 Å². The topological polar surface area (TPSA) is 69.6 Å². The first-order chi connectivity index (χ1) is 9.08. The predicted molar refractivity (Wildman–Crippen MR) is 70.8 cm³/mol. The van der Waals surface area contributed by atoms with Gasteiger partial charge >= 0.3 is 0 Å². The first kappa shape index (κ1) is 12.8. The fourth-order valence-corrected chi connectivity index (χ4v) is 3.22. The Balaban J connectivity index is 1.87. The second kappa shape index (κ2) is 4.70. The number of aliphatic hydroxyl groups excluding tert-OH is 1. The van der Waals surface area contributed by atoms with Crippen molar-refractivity contribution in [3.05, 3.63) is 33.8 Å². The third-order valence-electron chi connectivity index (χ3n) is 3.70. The number of fused-ring (bicyclic) bond motifs is 1. The number of carbonyl (C=O) groups excluding carboxylic acids is 2. The van der Waals surface area contributed by atoms with Gasteiger partial charge in [-0.25, -0.2) is 0 Å². The molecular weight excluding hydrogens is 312 g/mol. The van der Waals surface area contributed by atoms with Gasteiger partial charge in [0.05, 0.1) is 6.04 Å². The van der Waals surface area contributed by atoms with E-state index >= 15 is 0 Å². The summed E-state index contributed by atoms with van der Waals surface area (Å²) < 4.78 is 0.929. The molecule has 1 fully saturated rings. The van der Waals surface area contributed by atoms with E-state index in [1.165, 1.54) is 0 Å². The zero-order valence-corrected chi connectivity index (χ0v) is 11.7. The predicted octanol–water partition coefficient (Wildman–Crippen LogP) is 1.06. The number of nitrogens with one attached hydrogen (secondary N) is 1. The highest BCUT2D eigenvalue weighted by Gasteiger charge is 2.40. The minimum atomic E-state index is -0.795. The zero-order valence-electron chi connectivity index (χ0n) is 10.1. The lowest BCUT2D eigenvalue weighted by Crippen LogP contribution is -2.51. The molecule has 1 aromatic rings. The molecule has 2 amide bonds. The summed E-state index contributed by atoms with van der Waals surface area (Å²) >= 11 is 3.46. The largest absolute Gasteiger partial charge is 0.374 e. The first-order valence-electron chi connectivity index (χ1n) is 6.12. The number of nitrogens with zero attached hydrogens (tertiary/aromatic N) is 1. The van der Waals surface area contributed by atoms with Crippen molar-refractivity contribution >= 4 is 27.7 Å². The summed E-state index contributed by atoms with van der Waals surface area (Å²) in [5.74, 6) is -0.562. The Labute approximate surface area is 118 Å². The zero-order chi connectivity index (χ0) is 13.6. The Kier molecular flexibility index (Phi) is 3.16. The fourth-order valence-electron chi connectivity index (χ4n) is 2.71. The Morgan fingerprint density at radius 2 is 2.16 bits per heavy atom. The molecule has 0 aromatic heterocycles. The standard InChI is InChI=1S/C13H13BrN2O3/c14-9-3-1-2-7-8(9)6-16(13(7)19)10-4-5-11(17)15-12(10)18/h1-3,10,13,19H,4-6H2,(H,15,17,18). The molecule has 2 N–H and O–H groups in total. The van der Waals surface area contributed by atoms with E-state index in [-0.39, 0.29) is 11.8 Å². The maximum absolute atomic E-state index is 11.9. The van der Waals surface area contributed by atoms with Crippen molar-refractivity contribution in [2.45, 2.75) is 31.7 Å². The molecule has 2 aliphatic rings. The van der Waals surface area contributed by atoms with Crippen molar-refractivity contribution in [3.8, 4) is 0 Å². The SMILES string of the molecule is O=C1CCC(N2Cc3c(Br)cccc3C2O)C(=O)N1. The van der Waals surface area contributed by atoms with Crippen LogP contribution in [0.5, 0.6) is 0 Å². The highest BCUT2D eigenvalue weighted by Crippen LogP contribution is 2.38. The van der Waals surface area contributed by atoms with Crippen molar-refractivity contribution in [1.29, 1.82) is 0 Å². The summed E-state index contributed by atoms with van der Waals surface area (Å²) in [5.41, 5.74) is 1.82. The van der Waals surface area contributed by atoms with E-state index in [0.29, 0.717) is 19.4 Å². The summed E-state index contributed by atoms with van der Waals surface area (Å²) in [4.78, 5) is 24.8. The molecule has 3 rings (SSSR count). The number of imide groups is 1. The molecule has 0 bridgehead atoms. The molecule has 0 radical (unpaired) electrons. The van der Waals surface area contributed by atoms with E-state index in [1.807, 2.05) is 18.2 Å². The van der Waals surface area contributed by atoms with Crippen molar-refractivity contribution in [1.82, 2.24) is 10.2 Å². The van der Waals surface area contributed by atoms with Crippen LogP contribution in [-0.4, -0.2) is 27.9 Å². The normalized spacial score (nSPS) is 27.3. The van der Waals surface area contributed by atoms with E-state index in [4.69, 9.17) is 0 Å². The Morgan fingerprint density at radius 1 is 1.37 bits per heavy atom. The first-order valence-corrected chi connectivity index (χ1v) is 6.92. The summed E-state index contributed by atoms with van der Waals surface area (Å²) in [6.45, 7) is 0.504. The van der Waals surface area contributed by atoms with E-state index < -0.39 is 12.3 Å². The van der Waals surface area contributed by atoms with Crippen LogP contribution in [-0.2, 0) is 16.1 Å². The van der Waals surface area contributed by atoms with Gasteiger partial charge in [0.2, 0.25) is 11.8 Å². The van der Waals surface area contributed by atoms with Gasteiger partial charge in [0, 0.05) is 23.0 Å². The molecule has 0 aliphatic carbocycles. The molecule has 2 heterocycles. The average Bonchev–Trinajstić information content (AvgIpc) is 2.69. The number of rotatable bonds is 1. The van der Waals surface area contributed by atoms with Crippen molar-refractivity contribution in [2.24, 2.45) is 0 Å². The highest BCUT2D eigenvalue weighted by atomic mass is 79.9. The van der Waals surface area contributed by atoms with E-state index in [9.17, 15) is 14.7 Å². The van der Waals surface area contributed by atoms with Crippen LogP contribution in [0.25, 0.3) is 0 Å². The van der Waals surface area contributed by atoms with Gasteiger partial charge in [-0.05, 0) is 18.1 Å². The van der Waals surface area contributed by atoms with Crippen LogP contribution in [0.15, 0.2) is 22.7 Å². The monoisotopic (exact) mass is 324 g/mol. The maximum atomic E-state index is 11.9. The summed E-state index contributed by atoms with van der Waals surface area (Å²) in [5, 5.41) is 12.7. The molecule has 1 saturated heterocycles. The molecular formula is C13H13BrN2O3. The van der Waals surface area contributed by atoms with Gasteiger partial charge in [-0.15, -0.1) is 0 Å². The Hall–Kier alpha value is -1.24. The minimum absolute atomic E-state index is 0.242. The molecule has 2 unspecified atom stereocenters. The van der Waals surface area contributed by atoms with Gasteiger partial charge < -0.3 is 5.11 Å². The number of piperidine rings is 1. The third kappa shape index (κ3) is 2.09. The average molecular weight is 325 g/mol. The lowest BCUT2D eigenvalue weighted by atomic mass is 10.0. The van der Waals surface area contributed by atoms with Crippen LogP contribution < -0.4 is 5.32 Å². The number of benzene rings is 1. The maximum Gasteiger partial charge on any atom is 0.244 e. The highest BCUT2D eigenvalue weighted by molar-refractivity contribution is 9.10. The molecule has 2 atom stereocenters. The van der Waals surface area contributed by atoms with Crippen LogP contribution in [0.3, 0.4) is 0 Å². The van der Waals surface area contributed by atoms with Crippen molar-refractivity contribution in [2.75, 3.05) is 0 Å². The van der Waals surface area contributed by atoms with Gasteiger partial charge in [-0.2, -0.15) is 0 Å². The van der Waals surface area contributed by atoms with Crippen LogP contribution in [0.2, 0.25) is 0 Å². The van der Waals surface area contributed by atoms with Crippen LogP contribution >= 0.6 is 15.9 Å². The molecule has 100 valence electrons. The van der Waals surface area contributed by atoms with Crippen LogP contribution in [0.4, 0.5) is 0 Å². The molecule has 0 saturated carbocycles. The number of hydrogen-bond acceptors (Lipinski definition) is 4. The van der Waals surface area contributed by atoms with Crippen LogP contribution in [0.1, 0.15) is 30.2 Å². The second-order valence-electron chi connectivity index (χ2n) is 4.82. The Bertz CT molecular complexity index is 561. The van der Waals surface area contributed by atoms with Gasteiger partial charge in [0.25, 0.3) is 0 Å². The number of aliphatic hydroxyl groups is 1. The van der Waals surface area contributed by atoms with Gasteiger partial charge in [-0.3, -0.25) is 19.8 Å². The molecule has 0 spiro atoms. The number of hydrogen-bond donors (Lipinski definition) is 2. The molecule has 19 heavy (non-hydrogen) atoms. The molecule has 2 aliphatic heterocycles. The Morgan fingerprint density at radius 3 is 2.84 bits per heavy atom. The quantitative estimate of drug-likeness (QED) is 0.758. The lowest BCUT2D eigenvalue weighted by molar-refractivity contribution is -0.141. The molecule has 6 heteroatoms. The fraction of sp³-hybridized carbons (Fsp3) is 0.385. The van der Waals surface area contributed by atoms with E-state index in [0.717, 1.165) is 15.6 Å². The van der Waals surface area contributed by atoms with Gasteiger partial charge in [-0.1, -0.05) is 28.1 Å². The van der Waals surface area contributed by atoms with E-state index in [1.54, 1.807) is 4.90 Å². The van der Waals surface area contributed by atoms with E-state index in [2.05, 4.69) is 21.2 Å². The third-order valence-corrected chi connectivity index (χ3v) is 4.44.